The van der Waals surface area contributed by atoms with Gasteiger partial charge >= 0.3 is 5.97 Å². The number of ketones is 2. The number of epoxide rings is 1. The van der Waals surface area contributed by atoms with Crippen molar-refractivity contribution < 1.29 is 23.9 Å². The van der Waals surface area contributed by atoms with E-state index >= 15 is 0 Å². The van der Waals surface area contributed by atoms with Gasteiger partial charge < -0.3 is 9.47 Å². The van der Waals surface area contributed by atoms with Gasteiger partial charge in [0, 0.05) is 16.7 Å². The minimum Gasteiger partial charge on any atom is -0.469 e. The van der Waals surface area contributed by atoms with Gasteiger partial charge in [0.25, 0.3) is 0 Å². The van der Waals surface area contributed by atoms with Crippen molar-refractivity contribution >= 4 is 33.5 Å². The summed E-state index contributed by atoms with van der Waals surface area (Å²) < 4.78 is 10.7. The molecule has 1 aliphatic heterocycles. The summed E-state index contributed by atoms with van der Waals surface area (Å²) >= 11 is 3.69. The maximum absolute atomic E-state index is 14.4. The first-order valence-corrected chi connectivity index (χ1v) is 15.0. The lowest BCUT2D eigenvalue weighted by molar-refractivity contribution is -0.192. The molecule has 4 saturated carbocycles. The molecule has 1 heterocycles. The third kappa shape index (κ3) is 2.83. The molecule has 6 aliphatic rings. The van der Waals surface area contributed by atoms with E-state index in [9.17, 15) is 14.4 Å². The van der Waals surface area contributed by atoms with Crippen molar-refractivity contribution in [3.8, 4) is 0 Å². The number of halogens is 1. The molecule has 6 heteroatoms. The van der Waals surface area contributed by atoms with E-state index < -0.39 is 20.8 Å². The van der Waals surface area contributed by atoms with Crippen molar-refractivity contribution in [2.75, 3.05) is 7.11 Å². The Labute approximate surface area is 230 Å². The number of hydrogen-bond donors (Lipinski definition) is 0. The topological polar surface area (TPSA) is 73.0 Å². The summed E-state index contributed by atoms with van der Waals surface area (Å²) in [6.07, 6.45) is 7.83. The molecule has 9 atom stereocenters. The summed E-state index contributed by atoms with van der Waals surface area (Å²) in [5, 5.41) is 0. The average Bonchev–Trinajstić information content (AvgIpc) is 3.52. The minimum atomic E-state index is -0.943. The Morgan fingerprint density at radius 3 is 2.30 bits per heavy atom. The number of fused-ring (bicyclic) bond motifs is 9. The first-order valence-electron chi connectivity index (χ1n) is 14.2. The molecule has 0 bridgehead atoms. The quantitative estimate of drug-likeness (QED) is 0.205. The first kappa shape index (κ1) is 26.2. The van der Waals surface area contributed by atoms with E-state index in [2.05, 4.69) is 64.4 Å². The molecule has 204 valence electrons. The van der Waals surface area contributed by atoms with Crippen LogP contribution in [0.5, 0.6) is 0 Å². The van der Waals surface area contributed by atoms with Gasteiger partial charge in [-0.25, -0.2) is 0 Å². The normalized spacial score (nSPS) is 52.9. The van der Waals surface area contributed by atoms with Gasteiger partial charge in [-0.05, 0) is 95.0 Å². The third-order valence-electron chi connectivity index (χ3n) is 13.1. The van der Waals surface area contributed by atoms with Crippen molar-refractivity contribution in [1.29, 1.82) is 0 Å². The minimum absolute atomic E-state index is 0.0214. The number of hydrogen-bond acceptors (Lipinski definition) is 5. The van der Waals surface area contributed by atoms with Crippen LogP contribution in [-0.2, 0) is 23.9 Å². The Balaban J connectivity index is 1.52. The molecule has 0 radical (unpaired) electrons. The molecule has 37 heavy (non-hydrogen) atoms. The van der Waals surface area contributed by atoms with E-state index in [1.807, 2.05) is 6.08 Å². The van der Waals surface area contributed by atoms with Crippen LogP contribution < -0.4 is 0 Å². The van der Waals surface area contributed by atoms with Crippen molar-refractivity contribution in [1.82, 2.24) is 0 Å². The molecule has 0 aromatic heterocycles. The standard InChI is InChI=1S/C31H43BrO5/c1-25(2)11-13-30(24(35)36-8)14-12-28(6)21(17(30)16-25)18(33)15-20-27(28,5)10-9-19-26(3,4)22(34)31(32)23(37-31)29(19,20)7/h15,17,19,21,23H,9-14,16H2,1-8H3/t17?,19-,21?,23+,27+,28+,29-,30-,31-/m0/s1. The Hall–Kier alpha value is -1.01. The number of carbonyl (C=O) groups is 3. The zero-order valence-corrected chi connectivity index (χ0v) is 25.3. The number of carbonyl (C=O) groups excluding carboxylic acids is 3. The van der Waals surface area contributed by atoms with Crippen LogP contribution in [0.15, 0.2) is 11.6 Å². The van der Waals surface area contributed by atoms with Crippen molar-refractivity contribution in [3.63, 3.8) is 0 Å². The fourth-order valence-corrected chi connectivity index (χ4v) is 12.0. The lowest BCUT2D eigenvalue weighted by Crippen LogP contribution is -2.67. The SMILES string of the molecule is COC(=O)[C@]12CCC(C)(C)CC1C1C(=O)C=C3[C@@]4(C)[C@H]5O[C@@]5(Br)C(=O)C(C)(C)[C@@H]4CC[C@@]3(C)[C@]1(C)CC2. The van der Waals surface area contributed by atoms with Gasteiger partial charge in [0.2, 0.25) is 4.51 Å². The van der Waals surface area contributed by atoms with Crippen LogP contribution in [0.4, 0.5) is 0 Å². The van der Waals surface area contributed by atoms with E-state index in [0.717, 1.165) is 44.9 Å². The molecule has 6 rings (SSSR count). The van der Waals surface area contributed by atoms with E-state index in [4.69, 9.17) is 9.47 Å². The Bertz CT molecular complexity index is 1150. The van der Waals surface area contributed by atoms with Gasteiger partial charge in [-0.1, -0.05) is 54.0 Å². The molecule has 0 aromatic carbocycles. The number of alkyl halides is 1. The number of ether oxygens (including phenoxy) is 2. The summed E-state index contributed by atoms with van der Waals surface area (Å²) in [7, 11) is 1.50. The molecular formula is C31H43BrO5. The van der Waals surface area contributed by atoms with Crippen molar-refractivity contribution in [2.24, 2.45) is 50.2 Å². The number of methoxy groups -OCH3 is 1. The number of rotatable bonds is 1. The third-order valence-corrected chi connectivity index (χ3v) is 14.0. The van der Waals surface area contributed by atoms with Crippen LogP contribution in [0, 0.1) is 50.2 Å². The molecule has 5 fully saturated rings. The largest absolute Gasteiger partial charge is 0.469 e. The number of Topliss-reactive ketones (excluding diaryl/α,β-unsaturated/α-hetero) is 1. The highest BCUT2D eigenvalue weighted by Crippen LogP contribution is 2.78. The molecule has 0 aromatic rings. The maximum atomic E-state index is 14.4. The fourth-order valence-electron chi connectivity index (χ4n) is 10.8. The maximum Gasteiger partial charge on any atom is 0.312 e. The lowest BCUT2D eigenvalue weighted by Gasteiger charge is -2.69. The zero-order chi connectivity index (χ0) is 27.2. The molecule has 0 spiro atoms. The monoisotopic (exact) mass is 574 g/mol. The summed E-state index contributed by atoms with van der Waals surface area (Å²) in [6, 6.07) is 0. The van der Waals surface area contributed by atoms with E-state index in [1.54, 1.807) is 0 Å². The van der Waals surface area contributed by atoms with Gasteiger partial charge in [0.05, 0.1) is 12.5 Å². The van der Waals surface area contributed by atoms with Crippen LogP contribution in [-0.4, -0.2) is 35.3 Å². The number of esters is 1. The Morgan fingerprint density at radius 1 is 1.00 bits per heavy atom. The summed E-state index contributed by atoms with van der Waals surface area (Å²) in [5.74, 6) is 0.0644. The highest BCUT2D eigenvalue weighted by molar-refractivity contribution is 9.10. The highest BCUT2D eigenvalue weighted by Gasteiger charge is 2.81. The molecule has 1 saturated heterocycles. The smallest absolute Gasteiger partial charge is 0.312 e. The van der Waals surface area contributed by atoms with Crippen molar-refractivity contribution in [2.45, 2.75) is 104 Å². The Morgan fingerprint density at radius 2 is 1.65 bits per heavy atom. The second-order valence-corrected chi connectivity index (χ2v) is 16.6. The van der Waals surface area contributed by atoms with Gasteiger partial charge in [0.15, 0.2) is 11.6 Å². The molecule has 5 aliphatic carbocycles. The molecular weight excluding hydrogens is 532 g/mol. The average molecular weight is 576 g/mol. The van der Waals surface area contributed by atoms with Crippen LogP contribution >= 0.6 is 15.9 Å². The van der Waals surface area contributed by atoms with Gasteiger partial charge in [-0.2, -0.15) is 0 Å². The predicted octanol–water partition coefficient (Wildman–Crippen LogP) is 6.42. The van der Waals surface area contributed by atoms with Crippen LogP contribution in [0.1, 0.15) is 93.4 Å². The van der Waals surface area contributed by atoms with Crippen molar-refractivity contribution in [3.05, 3.63) is 11.6 Å². The molecule has 2 unspecified atom stereocenters. The summed E-state index contributed by atoms with van der Waals surface area (Å²) in [5.41, 5.74) is -0.733. The molecule has 0 amide bonds. The predicted molar refractivity (Wildman–Crippen MR) is 144 cm³/mol. The van der Waals surface area contributed by atoms with E-state index in [0.29, 0.717) is 0 Å². The van der Waals surface area contributed by atoms with Crippen LogP contribution in [0.2, 0.25) is 0 Å². The van der Waals surface area contributed by atoms with Crippen LogP contribution in [0.25, 0.3) is 0 Å². The summed E-state index contributed by atoms with van der Waals surface area (Å²) in [6.45, 7) is 15.7. The van der Waals surface area contributed by atoms with E-state index in [-0.39, 0.29) is 57.6 Å². The van der Waals surface area contributed by atoms with Gasteiger partial charge in [-0.3, -0.25) is 14.4 Å². The second-order valence-electron chi connectivity index (χ2n) is 15.4. The molecule has 5 nitrogen and oxygen atoms in total. The van der Waals surface area contributed by atoms with Gasteiger partial charge in [-0.15, -0.1) is 0 Å². The zero-order valence-electron chi connectivity index (χ0n) is 23.8. The Kier molecular flexibility index (Phi) is 5.10. The van der Waals surface area contributed by atoms with Crippen LogP contribution in [0.3, 0.4) is 0 Å². The second kappa shape index (κ2) is 7.19. The molecule has 0 N–H and O–H groups in total. The summed E-state index contributed by atoms with van der Waals surface area (Å²) in [4.78, 5) is 41.3. The van der Waals surface area contributed by atoms with E-state index in [1.165, 1.54) is 12.7 Å². The highest BCUT2D eigenvalue weighted by atomic mass is 79.9. The lowest BCUT2D eigenvalue weighted by atomic mass is 9.34. The number of allylic oxidation sites excluding steroid dienone is 1. The van der Waals surface area contributed by atoms with Gasteiger partial charge in [0.1, 0.15) is 6.10 Å². The first-order chi connectivity index (χ1) is 17.0. The fraction of sp³-hybridized carbons (Fsp3) is 0.839.